The van der Waals surface area contributed by atoms with Crippen LogP contribution in [0.25, 0.3) is 5.57 Å². The second-order valence-electron chi connectivity index (χ2n) is 10.1. The van der Waals surface area contributed by atoms with Gasteiger partial charge in [-0.2, -0.15) is 0 Å². The van der Waals surface area contributed by atoms with Gasteiger partial charge < -0.3 is 10.1 Å². The third-order valence-corrected chi connectivity index (χ3v) is 6.30. The molecule has 0 bridgehead atoms. The van der Waals surface area contributed by atoms with E-state index in [0.717, 1.165) is 11.3 Å². The van der Waals surface area contributed by atoms with Crippen molar-refractivity contribution in [2.24, 2.45) is 0 Å². The number of rotatable bonds is 6. The lowest BCUT2D eigenvalue weighted by molar-refractivity contribution is -0.120. The van der Waals surface area contributed by atoms with Crippen LogP contribution in [-0.4, -0.2) is 18.9 Å². The minimum Gasteiger partial charge on any atom is -0.497 e. The van der Waals surface area contributed by atoms with Gasteiger partial charge in [0.05, 0.1) is 18.4 Å². The van der Waals surface area contributed by atoms with Crippen molar-refractivity contribution in [1.29, 1.82) is 0 Å². The number of amides is 2. The summed E-state index contributed by atoms with van der Waals surface area (Å²) in [7, 11) is 1.59. The van der Waals surface area contributed by atoms with Gasteiger partial charge in [0.15, 0.2) is 0 Å². The molecule has 0 saturated carbocycles. The second-order valence-corrected chi connectivity index (χ2v) is 10.1. The Morgan fingerprint density at radius 3 is 1.91 bits per heavy atom. The van der Waals surface area contributed by atoms with Gasteiger partial charge in [-0.15, -0.1) is 0 Å². The highest BCUT2D eigenvalue weighted by Crippen LogP contribution is 2.35. The van der Waals surface area contributed by atoms with Crippen LogP contribution < -0.4 is 15.0 Å². The summed E-state index contributed by atoms with van der Waals surface area (Å²) in [5.41, 5.74) is 4.86. The third-order valence-electron chi connectivity index (χ3n) is 6.30. The van der Waals surface area contributed by atoms with Crippen LogP contribution in [0, 0.1) is 0 Å². The Hall–Kier alpha value is -3.86. The molecule has 0 radical (unpaired) electrons. The number of nitrogens with zero attached hydrogens (tertiary/aromatic N) is 1. The molecule has 3 aromatic carbocycles. The molecule has 2 amide bonds. The van der Waals surface area contributed by atoms with E-state index in [1.54, 1.807) is 31.4 Å². The molecule has 0 saturated heterocycles. The molecular weight excluding hydrogens is 436 g/mol. The maximum absolute atomic E-state index is 13.7. The summed E-state index contributed by atoms with van der Waals surface area (Å²) in [5.74, 6) is 0.348. The molecule has 1 N–H and O–H groups in total. The summed E-state index contributed by atoms with van der Waals surface area (Å²) < 4.78 is 5.27. The topological polar surface area (TPSA) is 58.6 Å². The normalized spacial score (nSPS) is 14.2. The van der Waals surface area contributed by atoms with Crippen molar-refractivity contribution in [3.05, 3.63) is 95.2 Å². The number of ether oxygens (including phenoxy) is 1. The zero-order chi connectivity index (χ0) is 25.3. The summed E-state index contributed by atoms with van der Waals surface area (Å²) >= 11 is 0. The maximum atomic E-state index is 13.7. The Kier molecular flexibility index (Phi) is 6.53. The van der Waals surface area contributed by atoms with Crippen LogP contribution in [-0.2, 0) is 15.0 Å². The predicted molar refractivity (Wildman–Crippen MR) is 142 cm³/mol. The molecule has 0 spiro atoms. The van der Waals surface area contributed by atoms with Crippen molar-refractivity contribution in [2.75, 3.05) is 17.3 Å². The SMILES string of the molecule is COc1ccc(C2=C(Nc3ccc(C(C)C)cc3)C(=O)N(c3ccc(C(C)(C)C)cc3)C2=O)cc1. The van der Waals surface area contributed by atoms with Crippen LogP contribution in [0.2, 0.25) is 0 Å². The Balaban J connectivity index is 1.75. The lowest BCUT2D eigenvalue weighted by Gasteiger charge is -2.21. The van der Waals surface area contributed by atoms with Crippen molar-refractivity contribution in [2.45, 2.75) is 46.0 Å². The maximum Gasteiger partial charge on any atom is 0.282 e. The molecule has 1 aliphatic heterocycles. The van der Waals surface area contributed by atoms with Crippen molar-refractivity contribution < 1.29 is 14.3 Å². The third kappa shape index (κ3) is 4.85. The summed E-state index contributed by atoms with van der Waals surface area (Å²) in [6, 6.07) is 22.7. The Morgan fingerprint density at radius 1 is 0.800 bits per heavy atom. The number of carbonyl (C=O) groups is 2. The molecule has 1 aliphatic rings. The van der Waals surface area contributed by atoms with Crippen LogP contribution >= 0.6 is 0 Å². The molecule has 1 heterocycles. The van der Waals surface area contributed by atoms with Gasteiger partial charge in [0.1, 0.15) is 11.4 Å². The highest BCUT2D eigenvalue weighted by atomic mass is 16.5. The van der Waals surface area contributed by atoms with Crippen LogP contribution in [0.3, 0.4) is 0 Å². The number of hydrogen-bond donors (Lipinski definition) is 1. The smallest absolute Gasteiger partial charge is 0.282 e. The van der Waals surface area contributed by atoms with Crippen molar-refractivity contribution in [3.8, 4) is 5.75 Å². The quantitative estimate of drug-likeness (QED) is 0.419. The van der Waals surface area contributed by atoms with Crippen LogP contribution in [0.1, 0.15) is 57.2 Å². The van der Waals surface area contributed by atoms with E-state index in [9.17, 15) is 9.59 Å². The fraction of sp³-hybridized carbons (Fsp3) is 0.267. The molecule has 0 aliphatic carbocycles. The largest absolute Gasteiger partial charge is 0.497 e. The molecule has 3 aromatic rings. The molecule has 0 fully saturated rings. The fourth-order valence-electron chi connectivity index (χ4n) is 4.11. The lowest BCUT2D eigenvalue weighted by Crippen LogP contribution is -2.32. The number of methoxy groups -OCH3 is 1. The number of carbonyl (C=O) groups excluding carboxylic acids is 2. The van der Waals surface area contributed by atoms with Gasteiger partial charge in [-0.3, -0.25) is 9.59 Å². The predicted octanol–water partition coefficient (Wildman–Crippen LogP) is 6.51. The van der Waals surface area contributed by atoms with E-state index in [2.05, 4.69) is 39.9 Å². The van der Waals surface area contributed by atoms with E-state index in [-0.39, 0.29) is 22.9 Å². The van der Waals surface area contributed by atoms with Crippen LogP contribution in [0.5, 0.6) is 5.75 Å². The molecule has 35 heavy (non-hydrogen) atoms. The van der Waals surface area contributed by atoms with Gasteiger partial charge in [-0.1, -0.05) is 71.0 Å². The van der Waals surface area contributed by atoms with Gasteiger partial charge in [-0.05, 0) is 64.4 Å². The Morgan fingerprint density at radius 2 is 1.40 bits per heavy atom. The molecule has 5 nitrogen and oxygen atoms in total. The standard InChI is InChI=1S/C30H32N2O3/c1-19(2)20-7-13-23(14-8-20)31-27-26(21-9-17-25(35-6)18-10-21)28(33)32(29(27)34)24-15-11-22(12-16-24)30(3,4)5/h7-19,31H,1-6H3. The highest BCUT2D eigenvalue weighted by molar-refractivity contribution is 6.46. The van der Waals surface area contributed by atoms with Gasteiger partial charge >= 0.3 is 0 Å². The summed E-state index contributed by atoms with van der Waals surface area (Å²) in [6.45, 7) is 10.7. The molecule has 5 heteroatoms. The number of imide groups is 1. The molecule has 0 aromatic heterocycles. The minimum absolute atomic E-state index is 0.0288. The van der Waals surface area contributed by atoms with Gasteiger partial charge in [-0.25, -0.2) is 4.90 Å². The lowest BCUT2D eigenvalue weighted by atomic mass is 9.87. The summed E-state index contributed by atoms with van der Waals surface area (Å²) in [4.78, 5) is 28.6. The monoisotopic (exact) mass is 468 g/mol. The first-order valence-corrected chi connectivity index (χ1v) is 11.8. The molecule has 0 unspecified atom stereocenters. The van der Waals surface area contributed by atoms with Gasteiger partial charge in [0.25, 0.3) is 11.8 Å². The number of nitrogens with one attached hydrogen (secondary N) is 1. The van der Waals surface area contributed by atoms with Gasteiger partial charge in [0, 0.05) is 5.69 Å². The number of hydrogen-bond acceptors (Lipinski definition) is 4. The number of benzene rings is 3. The summed E-state index contributed by atoms with van der Waals surface area (Å²) in [5, 5.41) is 3.24. The first kappa shape index (κ1) is 24.3. The highest BCUT2D eigenvalue weighted by Gasteiger charge is 2.40. The Bertz CT molecular complexity index is 1260. The van der Waals surface area contributed by atoms with Crippen molar-refractivity contribution in [3.63, 3.8) is 0 Å². The van der Waals surface area contributed by atoms with Crippen LogP contribution in [0.4, 0.5) is 11.4 Å². The minimum atomic E-state index is -0.378. The molecular formula is C30H32N2O3. The summed E-state index contributed by atoms with van der Waals surface area (Å²) in [6.07, 6.45) is 0. The molecule has 4 rings (SSSR count). The van der Waals surface area contributed by atoms with Gasteiger partial charge in [0.2, 0.25) is 0 Å². The number of anilines is 2. The van der Waals surface area contributed by atoms with E-state index >= 15 is 0 Å². The van der Waals surface area contributed by atoms with E-state index in [1.807, 2.05) is 48.5 Å². The van der Waals surface area contributed by atoms with Crippen molar-refractivity contribution in [1.82, 2.24) is 0 Å². The first-order chi connectivity index (χ1) is 16.6. The zero-order valence-electron chi connectivity index (χ0n) is 21.2. The van der Waals surface area contributed by atoms with E-state index in [0.29, 0.717) is 28.5 Å². The van der Waals surface area contributed by atoms with Crippen LogP contribution in [0.15, 0.2) is 78.5 Å². The van der Waals surface area contributed by atoms with E-state index in [4.69, 9.17) is 4.74 Å². The molecule has 180 valence electrons. The average molecular weight is 469 g/mol. The fourth-order valence-corrected chi connectivity index (χ4v) is 4.11. The van der Waals surface area contributed by atoms with E-state index < -0.39 is 0 Å². The Labute approximate surface area is 207 Å². The second kappa shape index (κ2) is 9.41. The average Bonchev–Trinajstić information content (AvgIpc) is 3.08. The zero-order valence-corrected chi connectivity index (χ0v) is 21.2. The van der Waals surface area contributed by atoms with Crippen molar-refractivity contribution >= 4 is 28.8 Å². The molecule has 0 atom stereocenters. The van der Waals surface area contributed by atoms with E-state index in [1.165, 1.54) is 10.5 Å². The first-order valence-electron chi connectivity index (χ1n) is 11.8.